The Morgan fingerprint density at radius 2 is 1.37 bits per heavy atom. The smallest absolute Gasteiger partial charge is 0.174 e. The summed E-state index contributed by atoms with van der Waals surface area (Å²) in [7, 11) is 0. The largest absolute Gasteiger partial charge is 0.361 e. The van der Waals surface area contributed by atoms with E-state index in [0.717, 1.165) is 38.9 Å². The van der Waals surface area contributed by atoms with Crippen molar-refractivity contribution < 1.29 is 14.2 Å². The highest BCUT2D eigenvalue weighted by Gasteiger charge is 2.75. The van der Waals surface area contributed by atoms with Crippen LogP contribution in [-0.4, -0.2) is 25.1 Å². The maximum atomic E-state index is 6.93. The second-order valence-corrected chi connectivity index (χ2v) is 10.2. The molecule has 4 atom stereocenters. The van der Waals surface area contributed by atoms with Gasteiger partial charge < -0.3 is 14.2 Å². The molecule has 0 radical (unpaired) electrons. The SMILES string of the molecule is C[C@@]12CCC3OC(c4ccccc4)(c4ccccc4)C3[C@@]1(C)CCCC21OCCO1. The molecule has 2 aromatic rings. The van der Waals surface area contributed by atoms with Gasteiger partial charge in [-0.3, -0.25) is 0 Å². The van der Waals surface area contributed by atoms with Crippen molar-refractivity contribution in [2.75, 3.05) is 13.2 Å². The molecule has 4 fully saturated rings. The van der Waals surface area contributed by atoms with Gasteiger partial charge in [0.2, 0.25) is 0 Å². The second kappa shape index (κ2) is 6.41. The molecule has 30 heavy (non-hydrogen) atoms. The first-order valence-corrected chi connectivity index (χ1v) is 11.6. The van der Waals surface area contributed by atoms with Crippen LogP contribution < -0.4 is 0 Å². The van der Waals surface area contributed by atoms with Crippen molar-refractivity contribution >= 4 is 0 Å². The lowest BCUT2D eigenvalue weighted by molar-refractivity contribution is -0.380. The molecule has 2 aliphatic heterocycles. The Hall–Kier alpha value is -1.68. The number of rotatable bonds is 2. The zero-order valence-electron chi connectivity index (χ0n) is 18.1. The monoisotopic (exact) mass is 404 g/mol. The molecule has 2 unspecified atom stereocenters. The summed E-state index contributed by atoms with van der Waals surface area (Å²) in [5.41, 5.74) is 2.20. The lowest BCUT2D eigenvalue weighted by Gasteiger charge is -2.72. The zero-order valence-corrected chi connectivity index (χ0v) is 18.1. The predicted molar refractivity (Wildman–Crippen MR) is 116 cm³/mol. The summed E-state index contributed by atoms with van der Waals surface area (Å²) >= 11 is 0. The Morgan fingerprint density at radius 3 is 1.97 bits per heavy atom. The molecule has 2 saturated heterocycles. The second-order valence-electron chi connectivity index (χ2n) is 10.2. The Labute approximate surface area is 179 Å². The Morgan fingerprint density at radius 1 is 0.767 bits per heavy atom. The first kappa shape index (κ1) is 19.0. The van der Waals surface area contributed by atoms with Gasteiger partial charge in [0.15, 0.2) is 5.79 Å². The van der Waals surface area contributed by atoms with E-state index in [1.54, 1.807) is 0 Å². The Kier molecular flexibility index (Phi) is 4.07. The van der Waals surface area contributed by atoms with Crippen molar-refractivity contribution in [2.45, 2.75) is 63.4 Å². The van der Waals surface area contributed by atoms with E-state index in [1.165, 1.54) is 17.5 Å². The quantitative estimate of drug-likeness (QED) is 0.645. The molecule has 2 heterocycles. The topological polar surface area (TPSA) is 27.7 Å². The van der Waals surface area contributed by atoms with Gasteiger partial charge in [0, 0.05) is 17.8 Å². The Bertz CT molecular complexity index is 880. The maximum Gasteiger partial charge on any atom is 0.174 e. The van der Waals surface area contributed by atoms with E-state index in [9.17, 15) is 0 Å². The lowest BCUT2D eigenvalue weighted by Crippen LogP contribution is -2.74. The van der Waals surface area contributed by atoms with Gasteiger partial charge in [0.05, 0.1) is 19.3 Å². The van der Waals surface area contributed by atoms with E-state index < -0.39 is 11.4 Å². The van der Waals surface area contributed by atoms with Gasteiger partial charge in [-0.15, -0.1) is 0 Å². The van der Waals surface area contributed by atoms with E-state index in [0.29, 0.717) is 12.0 Å². The molecule has 6 rings (SSSR count). The van der Waals surface area contributed by atoms with Gasteiger partial charge in [-0.25, -0.2) is 0 Å². The number of hydrogen-bond acceptors (Lipinski definition) is 3. The summed E-state index contributed by atoms with van der Waals surface area (Å²) in [5, 5.41) is 0. The third-order valence-corrected chi connectivity index (χ3v) is 9.22. The minimum Gasteiger partial charge on any atom is -0.361 e. The number of hydrogen-bond donors (Lipinski definition) is 0. The molecule has 2 saturated carbocycles. The highest BCUT2D eigenvalue weighted by molar-refractivity contribution is 5.42. The predicted octanol–water partition coefficient (Wildman–Crippen LogP) is 5.68. The summed E-state index contributed by atoms with van der Waals surface area (Å²) < 4.78 is 19.8. The minimum atomic E-state index is -0.431. The summed E-state index contributed by atoms with van der Waals surface area (Å²) in [6.45, 7) is 6.41. The van der Waals surface area contributed by atoms with Gasteiger partial charge in [0.25, 0.3) is 0 Å². The fourth-order valence-electron chi connectivity index (χ4n) is 7.69. The van der Waals surface area contributed by atoms with Gasteiger partial charge in [-0.2, -0.15) is 0 Å². The van der Waals surface area contributed by atoms with Crippen molar-refractivity contribution in [1.82, 2.24) is 0 Å². The lowest BCUT2D eigenvalue weighted by atomic mass is 9.40. The Balaban J connectivity index is 1.54. The molecule has 2 aliphatic carbocycles. The van der Waals surface area contributed by atoms with Crippen LogP contribution in [0.25, 0.3) is 0 Å². The molecule has 4 aliphatic rings. The van der Waals surface area contributed by atoms with Crippen LogP contribution in [0, 0.1) is 16.7 Å². The molecule has 1 spiro atoms. The summed E-state index contributed by atoms with van der Waals surface area (Å²) in [6.07, 6.45) is 5.83. The minimum absolute atomic E-state index is 0.0193. The van der Waals surface area contributed by atoms with Crippen LogP contribution in [0.5, 0.6) is 0 Å². The van der Waals surface area contributed by atoms with Crippen LogP contribution >= 0.6 is 0 Å². The van der Waals surface area contributed by atoms with Crippen LogP contribution in [0.2, 0.25) is 0 Å². The van der Waals surface area contributed by atoms with Crippen molar-refractivity contribution in [3.63, 3.8) is 0 Å². The molecular weight excluding hydrogens is 372 g/mol. The van der Waals surface area contributed by atoms with Crippen LogP contribution in [0.1, 0.15) is 57.1 Å². The van der Waals surface area contributed by atoms with Crippen molar-refractivity contribution in [3.05, 3.63) is 71.8 Å². The third-order valence-electron chi connectivity index (χ3n) is 9.22. The van der Waals surface area contributed by atoms with Crippen molar-refractivity contribution in [1.29, 1.82) is 0 Å². The van der Waals surface area contributed by atoms with Crippen LogP contribution in [0.4, 0.5) is 0 Å². The van der Waals surface area contributed by atoms with Crippen LogP contribution in [0.3, 0.4) is 0 Å². The van der Waals surface area contributed by atoms with Crippen LogP contribution in [0.15, 0.2) is 60.7 Å². The molecule has 0 bridgehead atoms. The standard InChI is InChI=1S/C27H32O3/c1-24-15-9-16-26(28-18-19-29-26)25(24,2)17-14-22-23(24)27(30-22,20-10-5-3-6-11-20)21-12-7-4-8-13-21/h3-8,10-13,22-23H,9,14-19H2,1-2H3/t22?,23?,24-,25-/m1/s1. The first-order chi connectivity index (χ1) is 14.6. The zero-order chi connectivity index (χ0) is 20.5. The number of ether oxygens (including phenoxy) is 3. The van der Waals surface area contributed by atoms with Gasteiger partial charge in [-0.05, 0) is 42.2 Å². The molecule has 0 N–H and O–H groups in total. The van der Waals surface area contributed by atoms with E-state index in [4.69, 9.17) is 14.2 Å². The van der Waals surface area contributed by atoms with Crippen molar-refractivity contribution in [3.8, 4) is 0 Å². The van der Waals surface area contributed by atoms with E-state index in [2.05, 4.69) is 74.5 Å². The van der Waals surface area contributed by atoms with E-state index in [1.807, 2.05) is 0 Å². The summed E-state index contributed by atoms with van der Waals surface area (Å²) in [6, 6.07) is 21.8. The molecule has 3 nitrogen and oxygen atoms in total. The highest BCUT2D eigenvalue weighted by Crippen LogP contribution is 2.74. The van der Waals surface area contributed by atoms with Crippen molar-refractivity contribution in [2.24, 2.45) is 16.7 Å². The number of fused-ring (bicyclic) bond motifs is 4. The van der Waals surface area contributed by atoms with Gasteiger partial charge in [-0.1, -0.05) is 74.5 Å². The fraction of sp³-hybridized carbons (Fsp3) is 0.556. The molecule has 158 valence electrons. The normalized spacial score (nSPS) is 38.5. The first-order valence-electron chi connectivity index (χ1n) is 11.6. The average molecular weight is 405 g/mol. The maximum absolute atomic E-state index is 6.93. The molecule has 0 aromatic heterocycles. The van der Waals surface area contributed by atoms with E-state index in [-0.39, 0.29) is 10.8 Å². The molecule has 3 heteroatoms. The third kappa shape index (κ3) is 2.16. The summed E-state index contributed by atoms with van der Waals surface area (Å²) in [5.74, 6) is -0.0295. The van der Waals surface area contributed by atoms with E-state index >= 15 is 0 Å². The van der Waals surface area contributed by atoms with Gasteiger partial charge in [0.1, 0.15) is 5.60 Å². The van der Waals surface area contributed by atoms with Gasteiger partial charge >= 0.3 is 0 Å². The molecule has 2 aromatic carbocycles. The average Bonchev–Trinajstić information content (AvgIpc) is 3.23. The highest BCUT2D eigenvalue weighted by atomic mass is 16.7. The summed E-state index contributed by atoms with van der Waals surface area (Å²) in [4.78, 5) is 0. The fourth-order valence-corrected chi connectivity index (χ4v) is 7.69. The molecule has 0 amide bonds. The van der Waals surface area contributed by atoms with Crippen LogP contribution in [-0.2, 0) is 19.8 Å². The molecular formula is C27H32O3. The number of benzene rings is 2.